The van der Waals surface area contributed by atoms with E-state index < -0.39 is 0 Å². The molecule has 3 N–H and O–H groups in total. The maximum absolute atomic E-state index is 6.00. The molecule has 5 heteroatoms. The van der Waals surface area contributed by atoms with E-state index in [-0.39, 0.29) is 6.10 Å². The standard InChI is InChI=1S/C23H25N3O.C2H4.CH5N/c1-26-22(17-25-23(26)9-5-8-18-6-3-2-4-7-18)19-10-12-20(13-11-19)27-21-14-15-24-16-21;2*1-2/h2-7,9-13,17,21,24H,8,14-16H2,1H3;1-2H2;2H2,1H3/b9-5-;;/t21-;;/m1../s1. The SMILES string of the molecule is C=C.CN.Cn1c(-c2ccc(O[C@@H]3CCNC3)cc2)cnc1/C=C\Cc1ccccc1. The van der Waals surface area contributed by atoms with E-state index in [0.717, 1.165) is 48.8 Å². The number of nitrogens with two attached hydrogens (primary N) is 1. The van der Waals surface area contributed by atoms with Gasteiger partial charge < -0.3 is 20.4 Å². The zero-order valence-electron chi connectivity index (χ0n) is 18.6. The van der Waals surface area contributed by atoms with Gasteiger partial charge in [-0.15, -0.1) is 13.2 Å². The van der Waals surface area contributed by atoms with Crippen molar-refractivity contribution < 1.29 is 4.74 Å². The van der Waals surface area contributed by atoms with Crippen molar-refractivity contribution in [2.45, 2.75) is 18.9 Å². The van der Waals surface area contributed by atoms with Crippen LogP contribution in [-0.4, -0.2) is 35.8 Å². The molecule has 4 rings (SSSR count). The van der Waals surface area contributed by atoms with Crippen LogP contribution in [0, 0.1) is 0 Å². The quantitative estimate of drug-likeness (QED) is 0.580. The zero-order chi connectivity index (χ0) is 22.5. The molecular formula is C26H34N4O. The topological polar surface area (TPSA) is 65.1 Å². The predicted molar refractivity (Wildman–Crippen MR) is 131 cm³/mol. The second-order valence-corrected chi connectivity index (χ2v) is 6.91. The number of allylic oxidation sites excluding steroid dienone is 1. The van der Waals surface area contributed by atoms with Crippen molar-refractivity contribution in [1.29, 1.82) is 0 Å². The fourth-order valence-electron chi connectivity index (χ4n) is 3.39. The van der Waals surface area contributed by atoms with Gasteiger partial charge in [0.05, 0.1) is 11.9 Å². The number of aromatic nitrogens is 2. The van der Waals surface area contributed by atoms with E-state index >= 15 is 0 Å². The molecule has 31 heavy (non-hydrogen) atoms. The van der Waals surface area contributed by atoms with Gasteiger partial charge in [0.2, 0.25) is 0 Å². The first-order valence-corrected chi connectivity index (χ1v) is 10.6. The van der Waals surface area contributed by atoms with Crippen molar-refractivity contribution in [3.63, 3.8) is 0 Å². The third-order valence-corrected chi connectivity index (χ3v) is 4.96. The van der Waals surface area contributed by atoms with Crippen LogP contribution in [0.1, 0.15) is 17.8 Å². The van der Waals surface area contributed by atoms with E-state index in [0.29, 0.717) is 0 Å². The number of nitrogens with zero attached hydrogens (tertiary/aromatic N) is 2. The highest BCUT2D eigenvalue weighted by molar-refractivity contribution is 5.62. The van der Waals surface area contributed by atoms with Crippen molar-refractivity contribution in [2.75, 3.05) is 20.1 Å². The molecule has 2 aromatic carbocycles. The van der Waals surface area contributed by atoms with Crippen LogP contribution >= 0.6 is 0 Å². The van der Waals surface area contributed by atoms with Gasteiger partial charge in [0.1, 0.15) is 17.7 Å². The van der Waals surface area contributed by atoms with Gasteiger partial charge in [-0.25, -0.2) is 4.98 Å². The monoisotopic (exact) mass is 418 g/mol. The third-order valence-electron chi connectivity index (χ3n) is 4.96. The molecule has 3 aromatic rings. The van der Waals surface area contributed by atoms with Crippen LogP contribution in [-0.2, 0) is 13.5 Å². The maximum Gasteiger partial charge on any atom is 0.132 e. The molecule has 1 fully saturated rings. The van der Waals surface area contributed by atoms with Gasteiger partial charge in [-0.3, -0.25) is 0 Å². The van der Waals surface area contributed by atoms with Gasteiger partial charge in [0, 0.05) is 19.2 Å². The average Bonchev–Trinajstić information content (AvgIpc) is 3.48. The first-order chi connectivity index (χ1) is 15.3. The van der Waals surface area contributed by atoms with Crippen molar-refractivity contribution in [3.05, 3.63) is 91.4 Å². The van der Waals surface area contributed by atoms with Crippen molar-refractivity contribution in [3.8, 4) is 17.0 Å². The molecule has 0 amide bonds. The fourth-order valence-corrected chi connectivity index (χ4v) is 3.39. The van der Waals surface area contributed by atoms with Gasteiger partial charge in [-0.1, -0.05) is 36.4 Å². The molecule has 1 aliphatic rings. The summed E-state index contributed by atoms with van der Waals surface area (Å²) >= 11 is 0. The molecule has 164 valence electrons. The van der Waals surface area contributed by atoms with E-state index in [2.05, 4.69) is 89.4 Å². The van der Waals surface area contributed by atoms with Crippen LogP contribution in [0.4, 0.5) is 0 Å². The van der Waals surface area contributed by atoms with Crippen LogP contribution in [0.3, 0.4) is 0 Å². The number of nitrogens with one attached hydrogen (secondary N) is 1. The molecule has 0 radical (unpaired) electrons. The lowest BCUT2D eigenvalue weighted by Crippen LogP contribution is -2.19. The minimum absolute atomic E-state index is 0.286. The number of ether oxygens (including phenoxy) is 1. The van der Waals surface area contributed by atoms with E-state index in [1.807, 2.05) is 24.4 Å². The third kappa shape index (κ3) is 6.95. The molecule has 1 atom stereocenters. The van der Waals surface area contributed by atoms with Gasteiger partial charge in [-0.2, -0.15) is 0 Å². The second-order valence-electron chi connectivity index (χ2n) is 6.91. The Morgan fingerprint density at radius 1 is 1.13 bits per heavy atom. The Labute approximate surface area is 186 Å². The largest absolute Gasteiger partial charge is 0.489 e. The highest BCUT2D eigenvalue weighted by atomic mass is 16.5. The molecule has 1 aromatic heterocycles. The molecule has 1 saturated heterocycles. The Balaban J connectivity index is 0.000000807. The molecule has 5 nitrogen and oxygen atoms in total. The predicted octanol–water partition coefficient (Wildman–Crippen LogP) is 4.46. The molecular weight excluding hydrogens is 384 g/mol. The summed E-state index contributed by atoms with van der Waals surface area (Å²) in [6.07, 6.45) is 8.44. The number of rotatable bonds is 6. The number of hydrogen-bond acceptors (Lipinski definition) is 4. The summed E-state index contributed by atoms with van der Waals surface area (Å²) in [6, 6.07) is 18.8. The van der Waals surface area contributed by atoms with Crippen molar-refractivity contribution in [2.24, 2.45) is 12.8 Å². The Bertz CT molecular complexity index is 910. The minimum atomic E-state index is 0.286. The lowest BCUT2D eigenvalue weighted by Gasteiger charge is -2.13. The van der Waals surface area contributed by atoms with Crippen LogP contribution in [0.25, 0.3) is 17.3 Å². The highest BCUT2D eigenvalue weighted by Crippen LogP contribution is 2.24. The zero-order valence-corrected chi connectivity index (χ0v) is 18.6. The summed E-state index contributed by atoms with van der Waals surface area (Å²) in [5, 5.41) is 3.32. The molecule has 0 aliphatic carbocycles. The Kier molecular flexibility index (Phi) is 10.3. The summed E-state index contributed by atoms with van der Waals surface area (Å²) in [7, 11) is 3.55. The summed E-state index contributed by atoms with van der Waals surface area (Å²) in [5.41, 5.74) is 8.05. The summed E-state index contributed by atoms with van der Waals surface area (Å²) in [4.78, 5) is 4.57. The number of benzene rings is 2. The van der Waals surface area contributed by atoms with Crippen LogP contribution in [0.2, 0.25) is 0 Å². The normalized spacial score (nSPS) is 15.0. The van der Waals surface area contributed by atoms with Crippen molar-refractivity contribution >= 4 is 6.08 Å². The summed E-state index contributed by atoms with van der Waals surface area (Å²) in [6.45, 7) is 7.97. The summed E-state index contributed by atoms with van der Waals surface area (Å²) in [5.74, 6) is 1.89. The fraction of sp³-hybridized carbons (Fsp3) is 0.269. The van der Waals surface area contributed by atoms with Gasteiger partial charge in [-0.05, 0) is 62.3 Å². The van der Waals surface area contributed by atoms with Gasteiger partial charge >= 0.3 is 0 Å². The van der Waals surface area contributed by atoms with Crippen LogP contribution in [0.5, 0.6) is 5.75 Å². The molecule has 0 spiro atoms. The number of imidazole rings is 1. The lowest BCUT2D eigenvalue weighted by atomic mass is 10.1. The molecule has 0 saturated carbocycles. The molecule has 0 unspecified atom stereocenters. The van der Waals surface area contributed by atoms with E-state index in [1.165, 1.54) is 12.6 Å². The van der Waals surface area contributed by atoms with E-state index in [9.17, 15) is 0 Å². The maximum atomic E-state index is 6.00. The average molecular weight is 419 g/mol. The smallest absolute Gasteiger partial charge is 0.132 e. The first-order valence-electron chi connectivity index (χ1n) is 10.6. The van der Waals surface area contributed by atoms with Crippen molar-refractivity contribution in [1.82, 2.24) is 14.9 Å². The minimum Gasteiger partial charge on any atom is -0.489 e. The Morgan fingerprint density at radius 3 is 2.48 bits per heavy atom. The number of hydrogen-bond donors (Lipinski definition) is 2. The summed E-state index contributed by atoms with van der Waals surface area (Å²) < 4.78 is 8.12. The Hall–Kier alpha value is -3.15. The van der Waals surface area contributed by atoms with Gasteiger partial charge in [0.15, 0.2) is 0 Å². The second kappa shape index (κ2) is 13.2. The molecule has 1 aliphatic heterocycles. The first kappa shape index (κ1) is 24.1. The van der Waals surface area contributed by atoms with Crippen LogP contribution < -0.4 is 15.8 Å². The van der Waals surface area contributed by atoms with Crippen LogP contribution in [0.15, 0.2) is 80.0 Å². The molecule has 2 heterocycles. The van der Waals surface area contributed by atoms with E-state index in [4.69, 9.17) is 4.74 Å². The van der Waals surface area contributed by atoms with E-state index in [1.54, 1.807) is 0 Å². The van der Waals surface area contributed by atoms with Gasteiger partial charge in [0.25, 0.3) is 0 Å². The highest BCUT2D eigenvalue weighted by Gasteiger charge is 2.16. The molecule has 0 bridgehead atoms. The Morgan fingerprint density at radius 2 is 1.84 bits per heavy atom. The lowest BCUT2D eigenvalue weighted by molar-refractivity contribution is 0.223.